The molecule has 2 aliphatic rings. The summed E-state index contributed by atoms with van der Waals surface area (Å²) in [5.74, 6) is -0.144. The summed E-state index contributed by atoms with van der Waals surface area (Å²) in [5, 5.41) is 24.9. The highest BCUT2D eigenvalue weighted by Gasteiger charge is 2.48. The monoisotopic (exact) mass is 370 g/mol. The Hall–Kier alpha value is -1.03. The first kappa shape index (κ1) is 18.8. The number of amides is 1. The molecule has 0 aliphatic carbocycles. The lowest BCUT2D eigenvalue weighted by Crippen LogP contribution is -2.53. The number of rotatable bonds is 7. The van der Waals surface area contributed by atoms with Gasteiger partial charge in [-0.3, -0.25) is 9.69 Å². The largest absolute Gasteiger partial charge is 0.394 e. The summed E-state index contributed by atoms with van der Waals surface area (Å²) < 4.78 is 11.2. The van der Waals surface area contributed by atoms with Gasteiger partial charge in [0.05, 0.1) is 30.2 Å². The van der Waals surface area contributed by atoms with Crippen LogP contribution in [0.5, 0.6) is 0 Å². The van der Waals surface area contributed by atoms with E-state index in [1.165, 1.54) is 11.3 Å². The first-order valence-electron chi connectivity index (χ1n) is 8.66. The van der Waals surface area contributed by atoms with E-state index in [9.17, 15) is 15.0 Å². The molecule has 3 N–H and O–H groups in total. The summed E-state index contributed by atoms with van der Waals surface area (Å²) in [6.07, 6.45) is 0.266. The van der Waals surface area contributed by atoms with E-state index in [1.807, 2.05) is 11.4 Å². The normalized spacial score (nSPS) is 33.0. The number of aliphatic hydroxyl groups excluding tert-OH is 2. The van der Waals surface area contributed by atoms with Crippen molar-refractivity contribution in [2.75, 3.05) is 33.4 Å². The Morgan fingerprint density at radius 2 is 2.36 bits per heavy atom. The lowest BCUT2D eigenvalue weighted by molar-refractivity contribution is -0.0209. The maximum absolute atomic E-state index is 12.2. The van der Waals surface area contributed by atoms with Crippen LogP contribution in [-0.2, 0) is 9.47 Å². The van der Waals surface area contributed by atoms with Crippen LogP contribution in [0, 0.1) is 0 Å². The number of carbonyl (C=O) groups is 1. The molecular formula is C17H26N2O5S. The molecular weight excluding hydrogens is 344 g/mol. The van der Waals surface area contributed by atoms with Crippen LogP contribution in [0.25, 0.3) is 0 Å². The first-order valence-corrected chi connectivity index (χ1v) is 9.54. The molecule has 0 unspecified atom stereocenters. The molecule has 1 amide bonds. The number of nitrogens with zero attached hydrogens (tertiary/aromatic N) is 1. The third kappa shape index (κ3) is 4.05. The van der Waals surface area contributed by atoms with E-state index in [-0.39, 0.29) is 30.7 Å². The number of thiophene rings is 1. The van der Waals surface area contributed by atoms with Gasteiger partial charge in [0, 0.05) is 19.7 Å². The zero-order valence-electron chi connectivity index (χ0n) is 14.3. The molecule has 3 heterocycles. The summed E-state index contributed by atoms with van der Waals surface area (Å²) in [7, 11) is 1.67. The van der Waals surface area contributed by atoms with Crippen molar-refractivity contribution in [1.29, 1.82) is 0 Å². The predicted octanol–water partition coefficient (Wildman–Crippen LogP) is 0.0779. The van der Waals surface area contributed by atoms with Crippen LogP contribution in [0.15, 0.2) is 17.5 Å². The molecule has 0 aromatic carbocycles. The number of nitrogens with one attached hydrogen (secondary N) is 1. The van der Waals surface area contributed by atoms with Crippen molar-refractivity contribution in [2.45, 2.75) is 43.2 Å². The van der Waals surface area contributed by atoms with Gasteiger partial charge in [0.1, 0.15) is 12.2 Å². The molecule has 2 saturated heterocycles. The summed E-state index contributed by atoms with van der Waals surface area (Å²) in [6.45, 7) is 1.51. The Kier molecular flexibility index (Phi) is 6.43. The second-order valence-corrected chi connectivity index (χ2v) is 7.50. The third-order valence-corrected chi connectivity index (χ3v) is 5.88. The molecule has 1 aromatic rings. The molecule has 0 bridgehead atoms. The van der Waals surface area contributed by atoms with Gasteiger partial charge in [-0.2, -0.15) is 0 Å². The van der Waals surface area contributed by atoms with E-state index in [0.717, 1.165) is 19.4 Å². The molecule has 3 rings (SSSR count). The number of ether oxygens (including phenoxy) is 2. The van der Waals surface area contributed by atoms with Gasteiger partial charge >= 0.3 is 0 Å². The van der Waals surface area contributed by atoms with Crippen LogP contribution in [0.2, 0.25) is 0 Å². The van der Waals surface area contributed by atoms with Crippen molar-refractivity contribution in [3.8, 4) is 0 Å². The Morgan fingerprint density at radius 3 is 3.04 bits per heavy atom. The van der Waals surface area contributed by atoms with Gasteiger partial charge in [-0.25, -0.2) is 0 Å². The highest BCUT2D eigenvalue weighted by atomic mass is 32.1. The fourth-order valence-electron chi connectivity index (χ4n) is 3.86. The lowest BCUT2D eigenvalue weighted by Gasteiger charge is -2.34. The first-order chi connectivity index (χ1) is 12.2. The molecule has 2 fully saturated rings. The SMILES string of the molecule is COC[C@@H]1CCCN1[C@H]1[C@H](O)[C@H](CO)O[C@@H]1CNC(=O)c1cccs1. The molecule has 5 atom stereocenters. The van der Waals surface area contributed by atoms with E-state index in [2.05, 4.69) is 10.2 Å². The van der Waals surface area contributed by atoms with Crippen molar-refractivity contribution in [3.05, 3.63) is 22.4 Å². The minimum absolute atomic E-state index is 0.144. The van der Waals surface area contributed by atoms with E-state index in [4.69, 9.17) is 9.47 Å². The van der Waals surface area contributed by atoms with Crippen molar-refractivity contribution >= 4 is 17.2 Å². The van der Waals surface area contributed by atoms with Gasteiger partial charge < -0.3 is 25.0 Å². The smallest absolute Gasteiger partial charge is 0.261 e. The molecule has 140 valence electrons. The zero-order valence-corrected chi connectivity index (χ0v) is 15.2. The van der Waals surface area contributed by atoms with E-state index >= 15 is 0 Å². The highest BCUT2D eigenvalue weighted by Crippen LogP contribution is 2.31. The maximum atomic E-state index is 12.2. The number of hydrogen-bond acceptors (Lipinski definition) is 7. The second kappa shape index (κ2) is 8.57. The van der Waals surface area contributed by atoms with E-state index in [0.29, 0.717) is 18.0 Å². The van der Waals surface area contributed by atoms with Crippen molar-refractivity contribution in [1.82, 2.24) is 10.2 Å². The van der Waals surface area contributed by atoms with Crippen molar-refractivity contribution in [2.24, 2.45) is 0 Å². The summed E-state index contributed by atoms with van der Waals surface area (Å²) in [4.78, 5) is 15.0. The summed E-state index contributed by atoms with van der Waals surface area (Å²) >= 11 is 1.38. The molecule has 0 spiro atoms. The standard InChI is InChI=1S/C17H26N2O5S/c1-23-10-11-4-2-6-19(11)15-12(24-13(9-20)16(15)21)8-18-17(22)14-5-3-7-25-14/h3,5,7,11-13,15-16,20-21H,2,4,6,8-10H2,1H3,(H,18,22)/t11-,12+,13-,15+,16+/m0/s1. The van der Waals surface area contributed by atoms with E-state index < -0.39 is 12.2 Å². The average Bonchev–Trinajstić information content (AvgIpc) is 3.33. The molecule has 25 heavy (non-hydrogen) atoms. The lowest BCUT2D eigenvalue weighted by atomic mass is 10.0. The molecule has 2 aliphatic heterocycles. The number of hydrogen-bond donors (Lipinski definition) is 3. The van der Waals surface area contributed by atoms with Gasteiger partial charge in [0.2, 0.25) is 0 Å². The molecule has 0 radical (unpaired) electrons. The Balaban J connectivity index is 1.68. The summed E-state index contributed by atoms with van der Waals surface area (Å²) in [6, 6.07) is 3.57. The van der Waals surface area contributed by atoms with Gasteiger partial charge in [-0.15, -0.1) is 11.3 Å². The van der Waals surface area contributed by atoms with Crippen LogP contribution in [-0.4, -0.2) is 84.8 Å². The third-order valence-electron chi connectivity index (χ3n) is 5.01. The van der Waals surface area contributed by atoms with Crippen LogP contribution in [0.3, 0.4) is 0 Å². The molecule has 0 saturated carbocycles. The average molecular weight is 370 g/mol. The number of methoxy groups -OCH3 is 1. The topological polar surface area (TPSA) is 91.3 Å². The van der Waals surface area contributed by atoms with Crippen LogP contribution >= 0.6 is 11.3 Å². The molecule has 1 aromatic heterocycles. The number of carbonyl (C=O) groups excluding carboxylic acids is 1. The molecule has 7 nitrogen and oxygen atoms in total. The number of likely N-dealkylation sites (tertiary alicyclic amines) is 1. The maximum Gasteiger partial charge on any atom is 0.261 e. The fourth-order valence-corrected chi connectivity index (χ4v) is 4.51. The van der Waals surface area contributed by atoms with E-state index in [1.54, 1.807) is 13.2 Å². The van der Waals surface area contributed by atoms with Gasteiger partial charge in [0.15, 0.2) is 0 Å². The highest BCUT2D eigenvalue weighted by molar-refractivity contribution is 7.12. The van der Waals surface area contributed by atoms with Gasteiger partial charge in [0.25, 0.3) is 5.91 Å². The van der Waals surface area contributed by atoms with Gasteiger partial charge in [-0.1, -0.05) is 6.07 Å². The number of aliphatic hydroxyl groups is 2. The van der Waals surface area contributed by atoms with Crippen LogP contribution in [0.1, 0.15) is 22.5 Å². The Morgan fingerprint density at radius 1 is 1.52 bits per heavy atom. The Labute approximate surface area is 151 Å². The van der Waals surface area contributed by atoms with Crippen LogP contribution in [0.4, 0.5) is 0 Å². The molecule has 8 heteroatoms. The summed E-state index contributed by atoms with van der Waals surface area (Å²) in [5.41, 5.74) is 0. The predicted molar refractivity (Wildman–Crippen MR) is 93.8 cm³/mol. The minimum Gasteiger partial charge on any atom is -0.394 e. The van der Waals surface area contributed by atoms with Crippen LogP contribution < -0.4 is 5.32 Å². The zero-order chi connectivity index (χ0) is 17.8. The van der Waals surface area contributed by atoms with Crippen molar-refractivity contribution < 1.29 is 24.5 Å². The fraction of sp³-hybridized carbons (Fsp3) is 0.706. The quantitative estimate of drug-likeness (QED) is 0.630. The van der Waals surface area contributed by atoms with Gasteiger partial charge in [-0.05, 0) is 30.8 Å². The minimum atomic E-state index is -0.786. The second-order valence-electron chi connectivity index (χ2n) is 6.55. The Bertz CT molecular complexity index is 555. The van der Waals surface area contributed by atoms with Crippen molar-refractivity contribution in [3.63, 3.8) is 0 Å².